The van der Waals surface area contributed by atoms with Crippen LogP contribution in [0, 0.1) is 11.3 Å². The van der Waals surface area contributed by atoms with Crippen molar-refractivity contribution in [3.63, 3.8) is 0 Å². The molecule has 0 unspecified atom stereocenters. The molecule has 0 atom stereocenters. The van der Waals surface area contributed by atoms with Crippen LogP contribution >= 0.6 is 0 Å². The topological polar surface area (TPSA) is 61.2 Å². The van der Waals surface area contributed by atoms with Gasteiger partial charge in [-0.3, -0.25) is 0 Å². The minimum atomic E-state index is -3.53. The van der Waals surface area contributed by atoms with Gasteiger partial charge in [0.15, 0.2) is 0 Å². The molecule has 0 aliphatic rings. The summed E-state index contributed by atoms with van der Waals surface area (Å²) in [7, 11) is -2.14. The van der Waals surface area contributed by atoms with Crippen molar-refractivity contribution in [3.8, 4) is 6.07 Å². The molecule has 1 aromatic rings. The molecule has 0 saturated heterocycles. The highest BCUT2D eigenvalue weighted by atomic mass is 32.2. The van der Waals surface area contributed by atoms with Crippen LogP contribution in [0.3, 0.4) is 0 Å². The van der Waals surface area contributed by atoms with Crippen molar-refractivity contribution in [3.05, 3.63) is 29.8 Å². The fourth-order valence-corrected chi connectivity index (χ4v) is 2.46. The normalized spacial score (nSPS) is 11.8. The van der Waals surface area contributed by atoms with Gasteiger partial charge in [0, 0.05) is 7.05 Å². The molecule has 1 rings (SSSR count). The van der Waals surface area contributed by atoms with Crippen LogP contribution < -0.4 is 0 Å². The fraction of sp³-hybridized carbons (Fsp3) is 0.417. The Morgan fingerprint density at radius 2 is 1.82 bits per heavy atom. The molecule has 0 aliphatic heterocycles. The minimum absolute atomic E-state index is 0.145. The molecule has 92 valence electrons. The molecule has 0 fully saturated rings. The zero-order chi connectivity index (χ0) is 13.1. The maximum Gasteiger partial charge on any atom is 0.243 e. The highest BCUT2D eigenvalue weighted by Crippen LogP contribution is 2.19. The van der Waals surface area contributed by atoms with Gasteiger partial charge in [0.2, 0.25) is 10.0 Å². The van der Waals surface area contributed by atoms with Gasteiger partial charge < -0.3 is 0 Å². The van der Waals surface area contributed by atoms with Crippen LogP contribution in [0.2, 0.25) is 0 Å². The Bertz CT molecular complexity index is 512. The lowest BCUT2D eigenvalue weighted by Crippen LogP contribution is -2.27. The molecule has 0 bridgehead atoms. The van der Waals surface area contributed by atoms with Gasteiger partial charge in [-0.2, -0.15) is 9.57 Å². The Labute approximate surface area is 103 Å². The quantitative estimate of drug-likeness (QED) is 0.769. The molecule has 0 amide bonds. The van der Waals surface area contributed by atoms with Crippen molar-refractivity contribution < 1.29 is 8.42 Å². The highest BCUT2D eigenvalue weighted by molar-refractivity contribution is 7.89. The van der Waals surface area contributed by atoms with Crippen LogP contribution in [0.5, 0.6) is 0 Å². The van der Waals surface area contributed by atoms with E-state index >= 15 is 0 Å². The van der Waals surface area contributed by atoms with Crippen LogP contribution in [-0.4, -0.2) is 26.3 Å². The molecule has 0 heterocycles. The molecule has 0 spiro atoms. The van der Waals surface area contributed by atoms with Crippen molar-refractivity contribution in [2.45, 2.75) is 24.7 Å². The molecule has 0 N–H and O–H groups in total. The van der Waals surface area contributed by atoms with Gasteiger partial charge in [0.25, 0.3) is 0 Å². The number of sulfonamides is 1. The molecule has 0 aromatic heterocycles. The Kier molecular flexibility index (Phi) is 4.27. The van der Waals surface area contributed by atoms with Crippen LogP contribution in [0.1, 0.15) is 25.3 Å². The van der Waals surface area contributed by atoms with E-state index in [1.807, 2.05) is 19.9 Å². The predicted molar refractivity (Wildman–Crippen MR) is 66.0 cm³/mol. The third-order valence-electron chi connectivity index (χ3n) is 2.55. The lowest BCUT2D eigenvalue weighted by Gasteiger charge is -2.14. The predicted octanol–water partition coefficient (Wildman–Crippen LogP) is 1.95. The summed E-state index contributed by atoms with van der Waals surface area (Å²) >= 11 is 0. The monoisotopic (exact) mass is 252 g/mol. The van der Waals surface area contributed by atoms with Crippen LogP contribution in [-0.2, 0) is 10.0 Å². The van der Waals surface area contributed by atoms with Crippen molar-refractivity contribution in [2.75, 3.05) is 13.6 Å². The van der Waals surface area contributed by atoms with E-state index in [4.69, 9.17) is 5.26 Å². The van der Waals surface area contributed by atoms with E-state index < -0.39 is 10.0 Å². The summed E-state index contributed by atoms with van der Waals surface area (Å²) in [5, 5.41) is 8.51. The smallest absolute Gasteiger partial charge is 0.207 e. The molecule has 17 heavy (non-hydrogen) atoms. The first-order valence-corrected chi connectivity index (χ1v) is 6.77. The van der Waals surface area contributed by atoms with Gasteiger partial charge in [0.05, 0.1) is 11.0 Å². The average molecular weight is 252 g/mol. The van der Waals surface area contributed by atoms with Gasteiger partial charge in [-0.15, -0.1) is 0 Å². The van der Waals surface area contributed by atoms with E-state index in [-0.39, 0.29) is 11.4 Å². The summed E-state index contributed by atoms with van der Waals surface area (Å²) in [6.45, 7) is 3.95. The molecule has 1 aromatic carbocycles. The second kappa shape index (κ2) is 5.30. The molecule has 5 heteroatoms. The number of hydrogen-bond acceptors (Lipinski definition) is 3. The average Bonchev–Trinajstić information content (AvgIpc) is 2.29. The fourth-order valence-electron chi connectivity index (χ4n) is 1.39. The maximum absolute atomic E-state index is 12.0. The summed E-state index contributed by atoms with van der Waals surface area (Å²) < 4.78 is 25.0. The van der Waals surface area contributed by atoms with Crippen molar-refractivity contribution >= 4 is 10.0 Å². The van der Waals surface area contributed by atoms with E-state index in [9.17, 15) is 8.42 Å². The summed E-state index contributed by atoms with van der Waals surface area (Å²) in [4.78, 5) is 0.222. The minimum Gasteiger partial charge on any atom is -0.207 e. The first kappa shape index (κ1) is 13.7. The van der Waals surface area contributed by atoms with E-state index in [0.29, 0.717) is 5.92 Å². The van der Waals surface area contributed by atoms with E-state index in [1.165, 1.54) is 7.05 Å². The van der Waals surface area contributed by atoms with Crippen LogP contribution in [0.4, 0.5) is 0 Å². The van der Waals surface area contributed by atoms with E-state index in [0.717, 1.165) is 9.87 Å². The van der Waals surface area contributed by atoms with Crippen LogP contribution in [0.25, 0.3) is 0 Å². The first-order valence-electron chi connectivity index (χ1n) is 5.33. The SMILES string of the molecule is CC(C)c1ccc(S(=O)(=O)N(C)CC#N)cc1. The zero-order valence-electron chi connectivity index (χ0n) is 10.2. The second-order valence-electron chi connectivity index (χ2n) is 4.14. The highest BCUT2D eigenvalue weighted by Gasteiger charge is 2.20. The van der Waals surface area contributed by atoms with E-state index in [2.05, 4.69) is 0 Å². The number of benzene rings is 1. The molecular formula is C12H16N2O2S. The summed E-state index contributed by atoms with van der Waals surface area (Å²) in [6.07, 6.45) is 0. The lowest BCUT2D eigenvalue weighted by molar-refractivity contribution is 0.501. The van der Waals surface area contributed by atoms with Gasteiger partial charge in [0.1, 0.15) is 6.54 Å². The summed E-state index contributed by atoms with van der Waals surface area (Å²) in [5.74, 6) is 0.364. The summed E-state index contributed by atoms with van der Waals surface area (Å²) in [6, 6.07) is 8.59. The van der Waals surface area contributed by atoms with Crippen molar-refractivity contribution in [2.24, 2.45) is 0 Å². The van der Waals surface area contributed by atoms with Gasteiger partial charge in [-0.25, -0.2) is 8.42 Å². The maximum atomic E-state index is 12.0. The Morgan fingerprint density at radius 3 is 2.24 bits per heavy atom. The number of hydrogen-bond donors (Lipinski definition) is 0. The van der Waals surface area contributed by atoms with Crippen molar-refractivity contribution in [1.29, 1.82) is 5.26 Å². The molecule has 0 aliphatic carbocycles. The van der Waals surface area contributed by atoms with Gasteiger partial charge >= 0.3 is 0 Å². The first-order chi connectivity index (χ1) is 7.89. The van der Waals surface area contributed by atoms with Crippen molar-refractivity contribution in [1.82, 2.24) is 4.31 Å². The van der Waals surface area contributed by atoms with Gasteiger partial charge in [-0.05, 0) is 23.6 Å². The third-order valence-corrected chi connectivity index (χ3v) is 4.37. The Balaban J connectivity index is 3.05. The van der Waals surface area contributed by atoms with E-state index in [1.54, 1.807) is 24.3 Å². The number of nitrogens with zero attached hydrogens (tertiary/aromatic N) is 2. The Morgan fingerprint density at radius 1 is 1.29 bits per heavy atom. The molecule has 4 nitrogen and oxygen atoms in total. The number of nitriles is 1. The molecule has 0 saturated carbocycles. The second-order valence-corrected chi connectivity index (χ2v) is 6.19. The standard InChI is InChI=1S/C12H16N2O2S/c1-10(2)11-4-6-12(7-5-11)17(15,16)14(3)9-8-13/h4-7,10H,9H2,1-3H3. The number of rotatable bonds is 4. The zero-order valence-corrected chi connectivity index (χ0v) is 11.0. The molecule has 0 radical (unpaired) electrons. The molecular weight excluding hydrogens is 236 g/mol. The van der Waals surface area contributed by atoms with Crippen LogP contribution in [0.15, 0.2) is 29.2 Å². The van der Waals surface area contributed by atoms with Gasteiger partial charge in [-0.1, -0.05) is 26.0 Å². The summed E-state index contributed by atoms with van der Waals surface area (Å²) in [5.41, 5.74) is 1.09. The largest absolute Gasteiger partial charge is 0.243 e. The lowest BCUT2D eigenvalue weighted by atomic mass is 10.0. The Hall–Kier alpha value is -1.38. The third kappa shape index (κ3) is 3.05.